The van der Waals surface area contributed by atoms with Crippen molar-refractivity contribution >= 4 is 11.6 Å². The van der Waals surface area contributed by atoms with Gasteiger partial charge in [-0.15, -0.1) is 0 Å². The monoisotopic (exact) mass is 276 g/mol. The van der Waals surface area contributed by atoms with E-state index < -0.39 is 0 Å². The second-order valence-electron chi connectivity index (χ2n) is 5.54. The molecular formula is C16H24N2O2. The number of carbonyl (C=O) groups excluding carboxylic acids is 1. The van der Waals surface area contributed by atoms with E-state index in [4.69, 9.17) is 10.5 Å². The van der Waals surface area contributed by atoms with Crippen LogP contribution >= 0.6 is 0 Å². The van der Waals surface area contributed by atoms with E-state index >= 15 is 0 Å². The second-order valence-corrected chi connectivity index (χ2v) is 5.54. The van der Waals surface area contributed by atoms with E-state index in [0.29, 0.717) is 35.4 Å². The van der Waals surface area contributed by atoms with Crippen LogP contribution in [0.3, 0.4) is 0 Å². The minimum atomic E-state index is -0.0974. The number of carbonyl (C=O) groups is 1. The molecule has 4 nitrogen and oxygen atoms in total. The van der Waals surface area contributed by atoms with Crippen molar-refractivity contribution in [2.24, 2.45) is 11.8 Å². The summed E-state index contributed by atoms with van der Waals surface area (Å²) in [5.74, 6) is 1.69. The number of nitrogens with one attached hydrogen (secondary N) is 1. The normalized spacial score (nSPS) is 21.7. The van der Waals surface area contributed by atoms with Gasteiger partial charge in [-0.3, -0.25) is 4.79 Å². The van der Waals surface area contributed by atoms with Crippen molar-refractivity contribution in [3.63, 3.8) is 0 Å². The predicted octanol–water partition coefficient (Wildman–Crippen LogP) is 2.83. The molecule has 1 aliphatic carbocycles. The van der Waals surface area contributed by atoms with Gasteiger partial charge in [0.15, 0.2) is 5.75 Å². The quantitative estimate of drug-likeness (QED) is 0.813. The summed E-state index contributed by atoms with van der Waals surface area (Å²) >= 11 is 0. The van der Waals surface area contributed by atoms with Gasteiger partial charge in [-0.05, 0) is 37.3 Å². The van der Waals surface area contributed by atoms with Crippen molar-refractivity contribution in [2.75, 3.05) is 18.9 Å². The summed E-state index contributed by atoms with van der Waals surface area (Å²) < 4.78 is 5.50. The van der Waals surface area contributed by atoms with E-state index in [9.17, 15) is 4.79 Å². The Kier molecular flexibility index (Phi) is 4.88. The fraction of sp³-hybridized carbons (Fsp3) is 0.562. The van der Waals surface area contributed by atoms with E-state index in [1.54, 1.807) is 18.2 Å². The molecule has 1 saturated carbocycles. The van der Waals surface area contributed by atoms with Gasteiger partial charge in [0.25, 0.3) is 5.91 Å². The molecule has 0 aliphatic heterocycles. The first-order valence-corrected chi connectivity index (χ1v) is 7.43. The average Bonchev–Trinajstić information content (AvgIpc) is 2.84. The zero-order valence-electron chi connectivity index (χ0n) is 12.3. The van der Waals surface area contributed by atoms with Crippen LogP contribution in [0.4, 0.5) is 5.69 Å². The first-order chi connectivity index (χ1) is 9.63. The molecule has 1 aromatic carbocycles. The third-order valence-electron chi connectivity index (χ3n) is 4.14. The molecule has 2 unspecified atom stereocenters. The van der Waals surface area contributed by atoms with E-state index in [-0.39, 0.29) is 5.91 Å². The number of ether oxygens (including phenoxy) is 1. The Bertz CT molecular complexity index is 474. The summed E-state index contributed by atoms with van der Waals surface area (Å²) in [4.78, 5) is 12.3. The van der Waals surface area contributed by atoms with Crippen LogP contribution in [-0.2, 0) is 0 Å². The summed E-state index contributed by atoms with van der Waals surface area (Å²) in [5, 5.41) is 3.02. The molecule has 3 N–H and O–H groups in total. The van der Waals surface area contributed by atoms with Crippen molar-refractivity contribution in [3.05, 3.63) is 23.8 Å². The van der Waals surface area contributed by atoms with Gasteiger partial charge in [0.2, 0.25) is 0 Å². The maximum absolute atomic E-state index is 12.3. The van der Waals surface area contributed by atoms with E-state index in [1.807, 2.05) is 6.92 Å². The van der Waals surface area contributed by atoms with Crippen molar-refractivity contribution < 1.29 is 9.53 Å². The standard InChI is InChI=1S/C16H24N2O2/c1-3-20-15-13(8-5-9-14(15)17)16(19)18-10-12-7-4-6-11(12)2/h5,8-9,11-12H,3-4,6-7,10,17H2,1-2H3,(H,18,19). The predicted molar refractivity (Wildman–Crippen MR) is 80.9 cm³/mol. The maximum atomic E-state index is 12.3. The fourth-order valence-corrected chi connectivity index (χ4v) is 2.88. The van der Waals surface area contributed by atoms with Gasteiger partial charge >= 0.3 is 0 Å². The van der Waals surface area contributed by atoms with Crippen LogP contribution in [-0.4, -0.2) is 19.1 Å². The average molecular weight is 276 g/mol. The Morgan fingerprint density at radius 3 is 2.90 bits per heavy atom. The lowest BCUT2D eigenvalue weighted by Gasteiger charge is -2.17. The molecule has 2 atom stereocenters. The van der Waals surface area contributed by atoms with Crippen LogP contribution in [0.1, 0.15) is 43.5 Å². The molecule has 0 spiro atoms. The first kappa shape index (κ1) is 14.7. The first-order valence-electron chi connectivity index (χ1n) is 7.43. The maximum Gasteiger partial charge on any atom is 0.255 e. The van der Waals surface area contributed by atoms with Gasteiger partial charge in [-0.2, -0.15) is 0 Å². The van der Waals surface area contributed by atoms with Gasteiger partial charge in [0.1, 0.15) is 0 Å². The summed E-state index contributed by atoms with van der Waals surface area (Å²) in [7, 11) is 0. The smallest absolute Gasteiger partial charge is 0.255 e. The van der Waals surface area contributed by atoms with Crippen molar-refractivity contribution in [1.29, 1.82) is 0 Å². The molecule has 1 aromatic rings. The van der Waals surface area contributed by atoms with Crippen molar-refractivity contribution in [3.8, 4) is 5.75 Å². The Balaban J connectivity index is 2.03. The molecule has 0 aromatic heterocycles. The van der Waals surface area contributed by atoms with Crippen molar-refractivity contribution in [1.82, 2.24) is 5.32 Å². The lowest BCUT2D eigenvalue weighted by molar-refractivity contribution is 0.0941. The highest BCUT2D eigenvalue weighted by Gasteiger charge is 2.24. The lowest BCUT2D eigenvalue weighted by Crippen LogP contribution is -2.30. The SMILES string of the molecule is CCOc1c(N)cccc1C(=O)NCC1CCCC1C. The summed E-state index contributed by atoms with van der Waals surface area (Å²) in [6, 6.07) is 5.29. The summed E-state index contributed by atoms with van der Waals surface area (Å²) in [5.41, 5.74) is 6.91. The van der Waals surface area contributed by atoms with Crippen molar-refractivity contribution in [2.45, 2.75) is 33.1 Å². The second kappa shape index (κ2) is 6.64. The van der Waals surface area contributed by atoms with Crippen LogP contribution < -0.4 is 15.8 Å². The molecule has 20 heavy (non-hydrogen) atoms. The topological polar surface area (TPSA) is 64.3 Å². The highest BCUT2D eigenvalue weighted by molar-refractivity contribution is 5.98. The molecule has 2 rings (SSSR count). The molecular weight excluding hydrogens is 252 g/mol. The minimum absolute atomic E-state index is 0.0974. The van der Waals surface area contributed by atoms with E-state index in [0.717, 1.165) is 6.54 Å². The molecule has 1 aliphatic rings. The Morgan fingerprint density at radius 1 is 1.45 bits per heavy atom. The van der Waals surface area contributed by atoms with Crippen LogP contribution in [0.5, 0.6) is 5.75 Å². The van der Waals surface area contributed by atoms with E-state index in [1.165, 1.54) is 19.3 Å². The van der Waals surface area contributed by atoms with Crippen LogP contribution in [0.25, 0.3) is 0 Å². The summed E-state index contributed by atoms with van der Waals surface area (Å²) in [6.07, 6.45) is 3.74. The number of rotatable bonds is 5. The van der Waals surface area contributed by atoms with Gasteiger partial charge in [-0.1, -0.05) is 25.8 Å². The van der Waals surface area contributed by atoms with Gasteiger partial charge < -0.3 is 15.8 Å². The highest BCUT2D eigenvalue weighted by atomic mass is 16.5. The molecule has 0 radical (unpaired) electrons. The number of benzene rings is 1. The molecule has 0 saturated heterocycles. The van der Waals surface area contributed by atoms with Crippen LogP contribution in [0.15, 0.2) is 18.2 Å². The zero-order chi connectivity index (χ0) is 14.5. The molecule has 1 fully saturated rings. The van der Waals surface area contributed by atoms with E-state index in [2.05, 4.69) is 12.2 Å². The number of para-hydroxylation sites is 1. The third-order valence-corrected chi connectivity index (χ3v) is 4.14. The Morgan fingerprint density at radius 2 is 2.25 bits per heavy atom. The molecule has 110 valence electrons. The zero-order valence-corrected chi connectivity index (χ0v) is 12.3. The fourth-order valence-electron chi connectivity index (χ4n) is 2.88. The molecule has 1 amide bonds. The Hall–Kier alpha value is -1.71. The van der Waals surface area contributed by atoms with Crippen LogP contribution in [0.2, 0.25) is 0 Å². The number of hydrogen-bond acceptors (Lipinski definition) is 3. The Labute approximate surface area is 120 Å². The molecule has 0 heterocycles. The number of nitrogens with two attached hydrogens (primary N) is 1. The van der Waals surface area contributed by atoms with Crippen LogP contribution in [0, 0.1) is 11.8 Å². The largest absolute Gasteiger partial charge is 0.491 e. The molecule has 0 bridgehead atoms. The van der Waals surface area contributed by atoms with Gasteiger partial charge in [0, 0.05) is 6.54 Å². The van der Waals surface area contributed by atoms with Gasteiger partial charge in [0.05, 0.1) is 17.9 Å². The minimum Gasteiger partial charge on any atom is -0.491 e. The highest BCUT2D eigenvalue weighted by Crippen LogP contribution is 2.31. The summed E-state index contributed by atoms with van der Waals surface area (Å²) in [6.45, 7) is 5.37. The lowest BCUT2D eigenvalue weighted by atomic mass is 9.98. The number of amides is 1. The third kappa shape index (κ3) is 3.24. The number of nitrogen functional groups attached to an aromatic ring is 1. The number of anilines is 1. The van der Waals surface area contributed by atoms with Gasteiger partial charge in [-0.25, -0.2) is 0 Å². The number of hydrogen-bond donors (Lipinski definition) is 2. The molecule has 4 heteroatoms.